The summed E-state index contributed by atoms with van der Waals surface area (Å²) in [5, 5.41) is 13.7. The first kappa shape index (κ1) is 23.0. The minimum Gasteiger partial charge on any atom is -0.427 e. The normalized spacial score (nSPS) is 16.5. The molecular formula is C27H29BN3O2. The Morgan fingerprint density at radius 2 is 1.27 bits per heavy atom. The first-order valence-corrected chi connectivity index (χ1v) is 11.1. The third-order valence-electron chi connectivity index (χ3n) is 6.03. The number of hydrogen-bond donors (Lipinski definition) is 2. The van der Waals surface area contributed by atoms with Gasteiger partial charge in [-0.05, 0) is 33.3 Å². The number of aliphatic hydroxyl groups is 1. The molecule has 1 radical (unpaired) electrons. The maximum atomic E-state index is 10.3. The Hall–Kier alpha value is -3.22. The maximum Gasteiger partial charge on any atom is 0.330 e. The van der Waals surface area contributed by atoms with E-state index in [4.69, 9.17) is 14.6 Å². The first-order valence-electron chi connectivity index (χ1n) is 11.1. The Balaban J connectivity index is 1.58. The topological polar surface area (TPSA) is 66.2 Å². The van der Waals surface area contributed by atoms with Crippen molar-refractivity contribution in [3.8, 4) is 0 Å². The van der Waals surface area contributed by atoms with E-state index in [1.165, 1.54) is 0 Å². The van der Waals surface area contributed by atoms with Gasteiger partial charge in [0.2, 0.25) is 0 Å². The van der Waals surface area contributed by atoms with Crippen LogP contribution in [0.15, 0.2) is 94.9 Å². The number of hydrogen-bond acceptors (Lipinski definition) is 5. The van der Waals surface area contributed by atoms with Crippen LogP contribution in [-0.2, 0) is 4.65 Å². The lowest BCUT2D eigenvalue weighted by Crippen LogP contribution is -2.49. The summed E-state index contributed by atoms with van der Waals surface area (Å²) in [6.07, 6.45) is -0.320. The van der Waals surface area contributed by atoms with E-state index < -0.39 is 11.2 Å². The maximum absolute atomic E-state index is 10.3. The highest BCUT2D eigenvalue weighted by Gasteiger charge is 2.35. The molecule has 0 saturated heterocycles. The van der Waals surface area contributed by atoms with Crippen LogP contribution in [-0.4, -0.2) is 35.5 Å². The minimum absolute atomic E-state index is 0.320. The van der Waals surface area contributed by atoms with E-state index in [0.717, 1.165) is 33.8 Å². The third-order valence-corrected chi connectivity index (χ3v) is 6.03. The van der Waals surface area contributed by atoms with Gasteiger partial charge in [0, 0.05) is 11.1 Å². The lowest BCUT2D eigenvalue weighted by atomic mass is 9.82. The molecule has 0 fully saturated rings. The largest absolute Gasteiger partial charge is 0.427 e. The number of nitrogens with one attached hydrogen (secondary N) is 1. The second-order valence-electron chi connectivity index (χ2n) is 9.16. The van der Waals surface area contributed by atoms with Gasteiger partial charge in [-0.15, -0.1) is 0 Å². The van der Waals surface area contributed by atoms with Crippen molar-refractivity contribution in [1.29, 1.82) is 0 Å². The van der Waals surface area contributed by atoms with Crippen molar-refractivity contribution in [2.45, 2.75) is 45.1 Å². The Morgan fingerprint density at radius 3 is 1.82 bits per heavy atom. The number of benzene rings is 3. The Bertz CT molecular complexity index is 1140. The van der Waals surface area contributed by atoms with Crippen molar-refractivity contribution in [3.63, 3.8) is 0 Å². The fourth-order valence-electron chi connectivity index (χ4n) is 3.19. The van der Waals surface area contributed by atoms with Crippen LogP contribution in [0.25, 0.3) is 0 Å². The SMILES string of the molecule is CC(C)(O)C(C)(C)O[B]c1ccc(C2=NC(c3ccccc3)N=C(c3ccccc3)N2)cc1. The lowest BCUT2D eigenvalue weighted by molar-refractivity contribution is -0.0893. The number of amidine groups is 2. The van der Waals surface area contributed by atoms with Crippen LogP contribution in [0.2, 0.25) is 0 Å². The molecule has 5 nitrogen and oxygen atoms in total. The summed E-state index contributed by atoms with van der Waals surface area (Å²) in [7, 11) is 1.68. The summed E-state index contributed by atoms with van der Waals surface area (Å²) in [6, 6.07) is 28.1. The lowest BCUT2D eigenvalue weighted by Gasteiger charge is -2.37. The summed E-state index contributed by atoms with van der Waals surface area (Å²) in [5.74, 6) is 1.56. The van der Waals surface area contributed by atoms with Crippen molar-refractivity contribution in [2.24, 2.45) is 9.98 Å². The third kappa shape index (κ3) is 5.41. The summed E-state index contributed by atoms with van der Waals surface area (Å²) in [5.41, 5.74) is 2.23. The molecule has 1 atom stereocenters. The summed E-state index contributed by atoms with van der Waals surface area (Å²) < 4.78 is 5.88. The van der Waals surface area contributed by atoms with Gasteiger partial charge in [0.25, 0.3) is 0 Å². The molecule has 4 rings (SSSR count). The van der Waals surface area contributed by atoms with Gasteiger partial charge in [-0.25, -0.2) is 9.98 Å². The van der Waals surface area contributed by atoms with Gasteiger partial charge in [-0.2, -0.15) is 0 Å². The van der Waals surface area contributed by atoms with Crippen LogP contribution < -0.4 is 10.8 Å². The van der Waals surface area contributed by atoms with Gasteiger partial charge >= 0.3 is 7.48 Å². The highest BCUT2D eigenvalue weighted by atomic mass is 16.5. The van der Waals surface area contributed by atoms with Crippen LogP contribution in [0.1, 0.15) is 50.6 Å². The molecule has 0 bridgehead atoms. The molecular weight excluding hydrogens is 409 g/mol. The molecule has 1 aliphatic heterocycles. The standard InChI is InChI=1S/C27H29BN3O2/c1-26(2,32)27(3,4)33-28-22-17-15-21(16-18-22)25-30-23(19-11-7-5-8-12-19)29-24(31-25)20-13-9-6-10-14-20/h5-18,23,32H,1-4H3,(H,29,30,31). The molecule has 6 heteroatoms. The Morgan fingerprint density at radius 1 is 0.758 bits per heavy atom. The van der Waals surface area contributed by atoms with Gasteiger partial charge < -0.3 is 15.1 Å². The summed E-state index contributed by atoms with van der Waals surface area (Å²) in [4.78, 5) is 9.75. The number of aliphatic imine (C=N–C) groups is 2. The van der Waals surface area contributed by atoms with Gasteiger partial charge in [0.05, 0.1) is 11.2 Å². The van der Waals surface area contributed by atoms with E-state index >= 15 is 0 Å². The molecule has 0 aromatic heterocycles. The molecule has 33 heavy (non-hydrogen) atoms. The zero-order chi connectivity index (χ0) is 23.5. The van der Waals surface area contributed by atoms with Gasteiger partial charge in [0.15, 0.2) is 6.17 Å². The molecule has 1 unspecified atom stereocenters. The molecule has 0 amide bonds. The molecule has 0 spiro atoms. The highest BCUT2D eigenvalue weighted by Crippen LogP contribution is 2.25. The Kier molecular flexibility index (Phi) is 6.50. The fourth-order valence-corrected chi connectivity index (χ4v) is 3.19. The molecule has 0 aliphatic carbocycles. The van der Waals surface area contributed by atoms with Crippen LogP contribution in [0.4, 0.5) is 0 Å². The van der Waals surface area contributed by atoms with Crippen molar-refractivity contribution in [3.05, 3.63) is 102 Å². The highest BCUT2D eigenvalue weighted by molar-refractivity contribution is 6.47. The number of nitrogens with zero attached hydrogens (tertiary/aromatic N) is 2. The second-order valence-corrected chi connectivity index (χ2v) is 9.16. The second kappa shape index (κ2) is 9.34. The zero-order valence-electron chi connectivity index (χ0n) is 19.5. The molecule has 3 aromatic rings. The van der Waals surface area contributed by atoms with Crippen molar-refractivity contribution in [1.82, 2.24) is 5.32 Å². The summed E-state index contributed by atoms with van der Waals surface area (Å²) in [6.45, 7) is 7.22. The molecule has 167 valence electrons. The van der Waals surface area contributed by atoms with E-state index in [2.05, 4.69) is 5.32 Å². The first-order chi connectivity index (χ1) is 15.7. The molecule has 1 aliphatic rings. The average molecular weight is 438 g/mol. The molecule has 3 aromatic carbocycles. The van der Waals surface area contributed by atoms with Crippen LogP contribution in [0.5, 0.6) is 0 Å². The van der Waals surface area contributed by atoms with Gasteiger partial charge in [0.1, 0.15) is 11.7 Å². The predicted molar refractivity (Wildman–Crippen MR) is 135 cm³/mol. The molecule has 1 heterocycles. The minimum atomic E-state index is -0.968. The van der Waals surface area contributed by atoms with Crippen LogP contribution in [0.3, 0.4) is 0 Å². The van der Waals surface area contributed by atoms with Crippen molar-refractivity contribution in [2.75, 3.05) is 0 Å². The van der Waals surface area contributed by atoms with Crippen LogP contribution in [0, 0.1) is 0 Å². The van der Waals surface area contributed by atoms with Gasteiger partial charge in [-0.1, -0.05) is 90.4 Å². The molecule has 2 N–H and O–H groups in total. The predicted octanol–water partition coefficient (Wildman–Crippen LogP) is 3.99. The molecule has 0 saturated carbocycles. The van der Waals surface area contributed by atoms with E-state index in [9.17, 15) is 5.11 Å². The monoisotopic (exact) mass is 438 g/mol. The van der Waals surface area contributed by atoms with E-state index in [1.807, 2.05) is 98.8 Å². The van der Waals surface area contributed by atoms with Gasteiger partial charge in [-0.3, -0.25) is 0 Å². The van der Waals surface area contributed by atoms with Crippen molar-refractivity contribution >= 4 is 24.6 Å². The van der Waals surface area contributed by atoms with E-state index in [1.54, 1.807) is 21.3 Å². The van der Waals surface area contributed by atoms with Crippen molar-refractivity contribution < 1.29 is 9.76 Å². The summed E-state index contributed by atoms with van der Waals surface area (Å²) >= 11 is 0. The Labute approximate surface area is 196 Å². The fraction of sp³-hybridized carbons (Fsp3) is 0.259. The van der Waals surface area contributed by atoms with E-state index in [0.29, 0.717) is 0 Å². The average Bonchev–Trinajstić information content (AvgIpc) is 2.83. The zero-order valence-corrected chi connectivity index (χ0v) is 19.5. The van der Waals surface area contributed by atoms with Crippen LogP contribution >= 0.6 is 0 Å². The quantitative estimate of drug-likeness (QED) is 0.549. The number of rotatable bonds is 7. The van der Waals surface area contributed by atoms with E-state index in [-0.39, 0.29) is 6.17 Å². The smallest absolute Gasteiger partial charge is 0.330 e.